The summed E-state index contributed by atoms with van der Waals surface area (Å²) in [6, 6.07) is 7.87. The minimum Gasteiger partial charge on any atom is -0.495 e. The second-order valence-corrected chi connectivity index (χ2v) is 9.90. The van der Waals surface area contributed by atoms with Crippen LogP contribution in [0.4, 0.5) is 36.3 Å². The molecule has 3 aromatic heterocycles. The lowest BCUT2D eigenvalue weighted by Crippen LogP contribution is -2.21. The van der Waals surface area contributed by atoms with E-state index in [1.807, 2.05) is 0 Å². The van der Waals surface area contributed by atoms with E-state index in [4.69, 9.17) is 4.74 Å². The number of aryl methyl sites for hydroxylation is 1. The molecule has 0 radical (unpaired) electrons. The number of pyridine rings is 1. The van der Waals surface area contributed by atoms with Crippen molar-refractivity contribution in [3.05, 3.63) is 65.7 Å². The number of aromatic nitrogens is 5. The molecule has 43 heavy (non-hydrogen) atoms. The quantitative estimate of drug-likeness (QED) is 0.157. The van der Waals surface area contributed by atoms with E-state index < -0.39 is 29.6 Å². The van der Waals surface area contributed by atoms with E-state index in [0.717, 1.165) is 5.56 Å². The number of benzene rings is 1. The molecule has 4 rings (SSSR count). The topological polar surface area (TPSA) is 156 Å². The van der Waals surface area contributed by atoms with Gasteiger partial charge in [-0.05, 0) is 43.2 Å². The molecule has 0 saturated carbocycles. The van der Waals surface area contributed by atoms with Crippen LogP contribution in [0.25, 0.3) is 11.3 Å². The highest BCUT2D eigenvalue weighted by Crippen LogP contribution is 2.37. The molecule has 0 unspecified atom stereocenters. The van der Waals surface area contributed by atoms with Crippen LogP contribution in [0.2, 0.25) is 0 Å². The summed E-state index contributed by atoms with van der Waals surface area (Å²) in [5, 5.41) is 21.7. The maximum Gasteiger partial charge on any atom is 0.421 e. The molecule has 1 aromatic carbocycles. The highest BCUT2D eigenvalue weighted by atomic mass is 31.1. The average Bonchev–Trinajstić information content (AvgIpc) is 3.45. The predicted octanol–water partition coefficient (Wildman–Crippen LogP) is 5.17. The summed E-state index contributed by atoms with van der Waals surface area (Å²) < 4.78 is 59.8. The summed E-state index contributed by atoms with van der Waals surface area (Å²) in [5.41, 5.74) is 0.652. The molecule has 0 spiro atoms. The Morgan fingerprint density at radius 2 is 1.91 bits per heavy atom. The molecule has 0 saturated heterocycles. The minimum atomic E-state index is -4.82. The summed E-state index contributed by atoms with van der Waals surface area (Å²) >= 11 is 0. The molecule has 4 N–H and O–H groups in total. The van der Waals surface area contributed by atoms with Crippen LogP contribution >= 0.6 is 8.46 Å². The number of rotatable bonds is 12. The van der Waals surface area contributed by atoms with Crippen LogP contribution in [0.5, 0.6) is 5.75 Å². The van der Waals surface area contributed by atoms with Crippen LogP contribution in [0.1, 0.15) is 35.0 Å². The number of aliphatic hydroxyl groups is 1. The lowest BCUT2D eigenvalue weighted by molar-refractivity contribution is -0.137. The van der Waals surface area contributed by atoms with Crippen molar-refractivity contribution in [2.75, 3.05) is 24.8 Å². The minimum absolute atomic E-state index is 0.0292. The van der Waals surface area contributed by atoms with Gasteiger partial charge in [0.1, 0.15) is 17.1 Å². The molecule has 0 aliphatic rings. The number of ether oxygens (including phenoxy) is 1. The Morgan fingerprint density at radius 1 is 1.14 bits per heavy atom. The van der Waals surface area contributed by atoms with Gasteiger partial charge in [0.15, 0.2) is 14.2 Å². The summed E-state index contributed by atoms with van der Waals surface area (Å²) in [4.78, 5) is 25.0. The van der Waals surface area contributed by atoms with Crippen molar-refractivity contribution in [2.24, 2.45) is 0 Å². The predicted molar refractivity (Wildman–Crippen MR) is 153 cm³/mol. The van der Waals surface area contributed by atoms with E-state index >= 15 is 0 Å². The zero-order valence-corrected chi connectivity index (χ0v) is 24.2. The fourth-order valence-corrected chi connectivity index (χ4v) is 4.30. The molecule has 1 atom stereocenters. The number of aliphatic hydroxyl groups excluding tert-OH is 1. The second-order valence-electron chi connectivity index (χ2n) is 9.33. The number of alkyl halides is 3. The molecular formula is C27H28F3N8O4P. The first-order valence-electron chi connectivity index (χ1n) is 12.9. The number of carbonyl (C=O) groups is 1. The van der Waals surface area contributed by atoms with Crippen LogP contribution in [0.3, 0.4) is 0 Å². The monoisotopic (exact) mass is 616 g/mol. The van der Waals surface area contributed by atoms with Gasteiger partial charge in [-0.3, -0.25) is 14.0 Å². The zero-order chi connectivity index (χ0) is 31.1. The number of nitrogens with zero attached hydrogens (tertiary/aromatic N) is 5. The van der Waals surface area contributed by atoms with E-state index in [2.05, 4.69) is 36.0 Å². The van der Waals surface area contributed by atoms with E-state index in [-0.39, 0.29) is 32.0 Å². The van der Waals surface area contributed by atoms with Crippen LogP contribution in [0.15, 0.2) is 48.9 Å². The number of hydrogen-bond donors (Lipinski definition) is 4. The maximum atomic E-state index is 14.0. The van der Waals surface area contributed by atoms with Crippen molar-refractivity contribution in [1.82, 2.24) is 30.0 Å². The average molecular weight is 617 g/mol. The lowest BCUT2D eigenvalue weighted by atomic mass is 10.1. The molecule has 226 valence electrons. The Morgan fingerprint density at radius 3 is 2.58 bits per heavy atom. The van der Waals surface area contributed by atoms with Crippen LogP contribution in [-0.4, -0.2) is 56.0 Å². The summed E-state index contributed by atoms with van der Waals surface area (Å²) in [6.45, 7) is 2.12. The van der Waals surface area contributed by atoms with E-state index in [9.17, 15) is 27.6 Å². The molecule has 0 aliphatic heterocycles. The third kappa shape index (κ3) is 7.81. The highest BCUT2D eigenvalue weighted by Gasteiger charge is 2.36. The third-order valence-electron chi connectivity index (χ3n) is 6.15. The molecule has 12 nitrogen and oxygen atoms in total. The Kier molecular flexibility index (Phi) is 9.88. The van der Waals surface area contributed by atoms with Crippen molar-refractivity contribution in [3.8, 4) is 17.0 Å². The van der Waals surface area contributed by atoms with Gasteiger partial charge in [0, 0.05) is 31.5 Å². The Bertz CT molecular complexity index is 1610. The molecule has 0 fully saturated rings. The number of halogens is 3. The fourth-order valence-electron chi connectivity index (χ4n) is 3.95. The standard InChI is InChI=1S/C27H28F3N8O4P/c1-15(39)8-9-38-13-17(11-33-38)19-6-7-21(23(34-19)25(40)31-2)35-24-18(27(28,29)30)12-32-26(37-24)36-20-5-4-16(14-43-41)10-22(20)42-3/h4-7,10-13,15,39H,8-9,14H2,1-3H3,(H,31,40)(H2,32,35,36,37)/t15-/m0/s1. The van der Waals surface area contributed by atoms with Crippen molar-refractivity contribution in [1.29, 1.82) is 0 Å². The first-order chi connectivity index (χ1) is 20.5. The van der Waals surface area contributed by atoms with Gasteiger partial charge in [-0.15, -0.1) is 0 Å². The molecule has 1 amide bonds. The number of methoxy groups -OCH3 is 1. The van der Waals surface area contributed by atoms with E-state index in [0.29, 0.717) is 41.9 Å². The molecule has 0 bridgehead atoms. The van der Waals surface area contributed by atoms with Gasteiger partial charge in [-0.2, -0.15) is 23.3 Å². The highest BCUT2D eigenvalue weighted by molar-refractivity contribution is 7.22. The van der Waals surface area contributed by atoms with E-state index in [1.54, 1.807) is 36.0 Å². The van der Waals surface area contributed by atoms with Gasteiger partial charge in [-0.1, -0.05) is 6.07 Å². The zero-order valence-electron chi connectivity index (χ0n) is 23.3. The van der Waals surface area contributed by atoms with Crippen molar-refractivity contribution >= 4 is 37.5 Å². The summed E-state index contributed by atoms with van der Waals surface area (Å²) in [5.74, 6) is -1.10. The number of carbonyl (C=O) groups excluding carboxylic acids is 1. The first kappa shape index (κ1) is 31.3. The second kappa shape index (κ2) is 13.6. The Balaban J connectivity index is 1.69. The van der Waals surface area contributed by atoms with Crippen molar-refractivity contribution < 1.29 is 32.4 Å². The molecule has 16 heteroatoms. The molecule has 4 aromatic rings. The van der Waals surface area contributed by atoms with Gasteiger partial charge < -0.3 is 25.8 Å². The smallest absolute Gasteiger partial charge is 0.421 e. The number of amides is 1. The van der Waals surface area contributed by atoms with Gasteiger partial charge in [0.25, 0.3) is 5.91 Å². The van der Waals surface area contributed by atoms with Gasteiger partial charge in [0.2, 0.25) is 5.95 Å². The molecule has 3 heterocycles. The Labute approximate surface area is 245 Å². The largest absolute Gasteiger partial charge is 0.495 e. The Hall–Kier alpha value is -4.62. The van der Waals surface area contributed by atoms with Gasteiger partial charge >= 0.3 is 6.18 Å². The lowest BCUT2D eigenvalue weighted by Gasteiger charge is -2.17. The molecular weight excluding hydrogens is 588 g/mol. The number of nitrogens with one attached hydrogen (secondary N) is 3. The SMILES string of the molecule is CNC(=O)c1nc(-c2cnn(CC[C@H](C)O)c2)ccc1Nc1nc(Nc2ccc(CP=O)cc2OC)ncc1C(F)(F)F. The fraction of sp³-hybridized carbons (Fsp3) is 0.296. The maximum absolute atomic E-state index is 14.0. The van der Waals surface area contributed by atoms with Crippen molar-refractivity contribution in [2.45, 2.75) is 38.3 Å². The van der Waals surface area contributed by atoms with E-state index in [1.165, 1.54) is 32.5 Å². The third-order valence-corrected chi connectivity index (χ3v) is 6.64. The normalized spacial score (nSPS) is 12.2. The number of hydrogen-bond acceptors (Lipinski definition) is 10. The first-order valence-corrected chi connectivity index (χ1v) is 13.9. The van der Waals surface area contributed by atoms with Crippen molar-refractivity contribution in [3.63, 3.8) is 0 Å². The van der Waals surface area contributed by atoms with Gasteiger partial charge in [-0.25, -0.2) is 9.97 Å². The summed E-state index contributed by atoms with van der Waals surface area (Å²) in [6.07, 6.45) is -0.735. The molecule has 0 aliphatic carbocycles. The van der Waals surface area contributed by atoms with Gasteiger partial charge in [0.05, 0.1) is 42.6 Å². The number of anilines is 4. The summed E-state index contributed by atoms with van der Waals surface area (Å²) in [7, 11) is 2.71. The van der Waals surface area contributed by atoms with Crippen LogP contribution < -0.4 is 20.7 Å². The van der Waals surface area contributed by atoms with Crippen LogP contribution in [0, 0.1) is 0 Å². The van der Waals surface area contributed by atoms with Crippen LogP contribution in [-0.2, 0) is 23.4 Å².